The topological polar surface area (TPSA) is 50.4 Å². The number of rotatable bonds is 7. The third-order valence-corrected chi connectivity index (χ3v) is 3.66. The summed E-state index contributed by atoms with van der Waals surface area (Å²) in [6.45, 7) is 1.35. The van der Waals surface area contributed by atoms with Crippen molar-refractivity contribution in [2.75, 3.05) is 26.8 Å². The average molecular weight is 280 g/mol. The van der Waals surface area contributed by atoms with E-state index in [9.17, 15) is 9.18 Å². The lowest BCUT2D eigenvalue weighted by molar-refractivity contribution is -0.120. The molecule has 1 aromatic rings. The third kappa shape index (κ3) is 4.02. The number of hydrogen-bond donors (Lipinski definition) is 2. The summed E-state index contributed by atoms with van der Waals surface area (Å²) in [5.74, 6) is 0.106. The van der Waals surface area contributed by atoms with Gasteiger partial charge < -0.3 is 15.4 Å². The molecule has 110 valence electrons. The highest BCUT2D eigenvalue weighted by Crippen LogP contribution is 2.37. The molecule has 0 atom stereocenters. The van der Waals surface area contributed by atoms with Crippen molar-refractivity contribution in [1.29, 1.82) is 0 Å². The molecule has 20 heavy (non-hydrogen) atoms. The Kier molecular flexibility index (Phi) is 5.49. The molecule has 1 aliphatic rings. The standard InChI is InChI=1S/C15H21FN2O2/c1-20-7-6-17-15(19)10-18-12-8-11(9-12)13-4-2-3-5-14(13)16/h2-5,11-12,18H,6-10H2,1H3,(H,17,19). The van der Waals surface area contributed by atoms with Crippen LogP contribution in [-0.4, -0.2) is 38.8 Å². The Hall–Kier alpha value is -1.46. The first-order valence-electron chi connectivity index (χ1n) is 6.94. The van der Waals surface area contributed by atoms with Crippen molar-refractivity contribution in [2.24, 2.45) is 0 Å². The first kappa shape index (κ1) is 14.9. The molecule has 0 unspecified atom stereocenters. The van der Waals surface area contributed by atoms with Crippen molar-refractivity contribution in [3.8, 4) is 0 Å². The molecule has 0 heterocycles. The largest absolute Gasteiger partial charge is 0.383 e. The van der Waals surface area contributed by atoms with Crippen LogP contribution in [0, 0.1) is 5.82 Å². The van der Waals surface area contributed by atoms with E-state index in [0.717, 1.165) is 18.4 Å². The van der Waals surface area contributed by atoms with Crippen molar-refractivity contribution < 1.29 is 13.9 Å². The molecule has 1 fully saturated rings. The van der Waals surface area contributed by atoms with Crippen LogP contribution >= 0.6 is 0 Å². The maximum atomic E-state index is 13.6. The zero-order valence-electron chi connectivity index (χ0n) is 11.7. The maximum Gasteiger partial charge on any atom is 0.234 e. The van der Waals surface area contributed by atoms with Crippen molar-refractivity contribution in [3.05, 3.63) is 35.6 Å². The molecular formula is C15H21FN2O2. The van der Waals surface area contributed by atoms with E-state index in [1.54, 1.807) is 13.2 Å². The fourth-order valence-corrected chi connectivity index (χ4v) is 2.44. The summed E-state index contributed by atoms with van der Waals surface area (Å²) in [5.41, 5.74) is 0.787. The fourth-order valence-electron chi connectivity index (χ4n) is 2.44. The van der Waals surface area contributed by atoms with Gasteiger partial charge in [0.1, 0.15) is 5.82 Å². The molecule has 1 amide bonds. The number of nitrogens with one attached hydrogen (secondary N) is 2. The number of benzene rings is 1. The van der Waals surface area contributed by atoms with Gasteiger partial charge in [0.15, 0.2) is 0 Å². The van der Waals surface area contributed by atoms with Crippen LogP contribution in [0.1, 0.15) is 24.3 Å². The van der Waals surface area contributed by atoms with Gasteiger partial charge in [-0.25, -0.2) is 4.39 Å². The van der Waals surface area contributed by atoms with E-state index in [-0.39, 0.29) is 17.6 Å². The van der Waals surface area contributed by atoms with E-state index in [4.69, 9.17) is 4.74 Å². The lowest BCUT2D eigenvalue weighted by Gasteiger charge is -2.36. The minimum atomic E-state index is -0.131. The van der Waals surface area contributed by atoms with E-state index < -0.39 is 0 Å². The maximum absolute atomic E-state index is 13.6. The first-order valence-corrected chi connectivity index (χ1v) is 6.94. The van der Waals surface area contributed by atoms with Crippen LogP contribution in [0.2, 0.25) is 0 Å². The molecular weight excluding hydrogens is 259 g/mol. The van der Waals surface area contributed by atoms with Crippen LogP contribution in [0.5, 0.6) is 0 Å². The minimum Gasteiger partial charge on any atom is -0.383 e. The summed E-state index contributed by atoms with van der Waals surface area (Å²) in [7, 11) is 1.60. The second kappa shape index (κ2) is 7.36. The summed E-state index contributed by atoms with van der Waals surface area (Å²) in [4.78, 5) is 11.5. The highest BCUT2D eigenvalue weighted by atomic mass is 19.1. The van der Waals surface area contributed by atoms with Crippen molar-refractivity contribution in [2.45, 2.75) is 24.8 Å². The molecule has 0 radical (unpaired) electrons. The number of hydrogen-bond acceptors (Lipinski definition) is 3. The monoisotopic (exact) mass is 280 g/mol. The summed E-state index contributed by atoms with van der Waals surface area (Å²) >= 11 is 0. The summed E-state index contributed by atoms with van der Waals surface area (Å²) in [6.07, 6.45) is 1.76. The Balaban J connectivity index is 1.65. The molecule has 2 N–H and O–H groups in total. The molecule has 2 rings (SSSR count). The van der Waals surface area contributed by atoms with E-state index in [2.05, 4.69) is 10.6 Å². The second-order valence-electron chi connectivity index (χ2n) is 5.11. The Labute approximate surface area is 118 Å². The number of ether oxygens (including phenoxy) is 1. The van der Waals surface area contributed by atoms with Gasteiger partial charge in [-0.15, -0.1) is 0 Å². The molecule has 1 aliphatic carbocycles. The van der Waals surface area contributed by atoms with E-state index in [0.29, 0.717) is 25.7 Å². The number of halogens is 1. The number of amides is 1. The van der Waals surface area contributed by atoms with Crippen LogP contribution in [0.3, 0.4) is 0 Å². The molecule has 0 saturated heterocycles. The SMILES string of the molecule is COCCNC(=O)CNC1CC(c2ccccc2F)C1. The number of carbonyl (C=O) groups is 1. The Morgan fingerprint density at radius 1 is 1.40 bits per heavy atom. The van der Waals surface area contributed by atoms with E-state index in [1.165, 1.54) is 6.07 Å². The normalized spacial score (nSPS) is 21.3. The van der Waals surface area contributed by atoms with Gasteiger partial charge in [-0.2, -0.15) is 0 Å². The van der Waals surface area contributed by atoms with Gasteiger partial charge in [-0.3, -0.25) is 4.79 Å². The van der Waals surface area contributed by atoms with Gasteiger partial charge in [0, 0.05) is 19.7 Å². The molecule has 5 heteroatoms. The predicted molar refractivity (Wildman–Crippen MR) is 75.1 cm³/mol. The zero-order valence-corrected chi connectivity index (χ0v) is 11.7. The Bertz CT molecular complexity index is 447. The molecule has 1 aromatic carbocycles. The lowest BCUT2D eigenvalue weighted by atomic mass is 9.75. The number of carbonyl (C=O) groups excluding carboxylic acids is 1. The molecule has 1 saturated carbocycles. The van der Waals surface area contributed by atoms with Crippen LogP contribution < -0.4 is 10.6 Å². The first-order chi connectivity index (χ1) is 9.70. The highest BCUT2D eigenvalue weighted by Gasteiger charge is 2.31. The number of methoxy groups -OCH3 is 1. The molecule has 0 spiro atoms. The molecule has 0 aliphatic heterocycles. The van der Waals surface area contributed by atoms with Crippen LogP contribution in [0.15, 0.2) is 24.3 Å². The van der Waals surface area contributed by atoms with Crippen molar-refractivity contribution in [3.63, 3.8) is 0 Å². The van der Waals surface area contributed by atoms with Crippen LogP contribution in [0.4, 0.5) is 4.39 Å². The molecule has 4 nitrogen and oxygen atoms in total. The quantitative estimate of drug-likeness (QED) is 0.743. The van der Waals surface area contributed by atoms with Gasteiger partial charge in [0.25, 0.3) is 0 Å². The van der Waals surface area contributed by atoms with E-state index in [1.807, 2.05) is 12.1 Å². The highest BCUT2D eigenvalue weighted by molar-refractivity contribution is 5.78. The van der Waals surface area contributed by atoms with Gasteiger partial charge in [0.2, 0.25) is 5.91 Å². The minimum absolute atomic E-state index is 0.0311. The van der Waals surface area contributed by atoms with Gasteiger partial charge in [-0.1, -0.05) is 18.2 Å². The Morgan fingerprint density at radius 3 is 2.85 bits per heavy atom. The average Bonchev–Trinajstić information content (AvgIpc) is 2.39. The molecule has 0 bridgehead atoms. The van der Waals surface area contributed by atoms with Crippen molar-refractivity contribution in [1.82, 2.24) is 10.6 Å². The predicted octanol–water partition coefficient (Wildman–Crippen LogP) is 1.42. The van der Waals surface area contributed by atoms with E-state index >= 15 is 0 Å². The Morgan fingerprint density at radius 2 is 2.15 bits per heavy atom. The van der Waals surface area contributed by atoms with Gasteiger partial charge >= 0.3 is 0 Å². The third-order valence-electron chi connectivity index (χ3n) is 3.66. The smallest absolute Gasteiger partial charge is 0.234 e. The summed E-state index contributed by atoms with van der Waals surface area (Å²) < 4.78 is 18.4. The fraction of sp³-hybridized carbons (Fsp3) is 0.533. The summed E-state index contributed by atoms with van der Waals surface area (Å²) in [6, 6.07) is 7.21. The van der Waals surface area contributed by atoms with Gasteiger partial charge in [-0.05, 0) is 30.4 Å². The van der Waals surface area contributed by atoms with Gasteiger partial charge in [0.05, 0.1) is 13.2 Å². The second-order valence-corrected chi connectivity index (χ2v) is 5.11. The van der Waals surface area contributed by atoms with Crippen LogP contribution in [0.25, 0.3) is 0 Å². The summed E-state index contributed by atoms with van der Waals surface area (Å²) in [5, 5.41) is 5.94. The molecule has 0 aromatic heterocycles. The zero-order chi connectivity index (χ0) is 14.4. The van der Waals surface area contributed by atoms with Crippen molar-refractivity contribution >= 4 is 5.91 Å². The lowest BCUT2D eigenvalue weighted by Crippen LogP contribution is -2.45. The van der Waals surface area contributed by atoms with Crippen LogP contribution in [-0.2, 0) is 9.53 Å².